The highest BCUT2D eigenvalue weighted by molar-refractivity contribution is 5.90. The molecule has 2 aliphatic rings. The molecule has 9 nitrogen and oxygen atoms in total. The van der Waals surface area contributed by atoms with Crippen molar-refractivity contribution >= 4 is 17.5 Å². The van der Waals surface area contributed by atoms with Crippen LogP contribution in [0.5, 0.6) is 5.88 Å². The Morgan fingerprint density at radius 3 is 2.70 bits per heavy atom. The van der Waals surface area contributed by atoms with Crippen molar-refractivity contribution in [1.82, 2.24) is 9.88 Å². The number of aryl methyl sites for hydroxylation is 1. The monoisotopic (exact) mass is 524 g/mol. The molecule has 1 aromatic heterocycles. The third kappa shape index (κ3) is 7.02. The quantitative estimate of drug-likeness (QED) is 0.598. The number of urea groups is 1. The zero-order chi connectivity index (χ0) is 26.4. The number of ether oxygens (including phenoxy) is 3. The van der Waals surface area contributed by atoms with Crippen LogP contribution >= 0.6 is 0 Å². The second-order valence-electron chi connectivity index (χ2n) is 8.88. The van der Waals surface area contributed by atoms with Crippen LogP contribution in [0, 0.1) is 6.92 Å². The highest BCUT2D eigenvalue weighted by Gasteiger charge is 2.43. The van der Waals surface area contributed by atoms with Gasteiger partial charge in [-0.2, -0.15) is 18.2 Å². The third-order valence-electron chi connectivity index (χ3n) is 6.19. The van der Waals surface area contributed by atoms with Crippen molar-refractivity contribution in [2.24, 2.45) is 0 Å². The van der Waals surface area contributed by atoms with Crippen molar-refractivity contribution in [3.05, 3.63) is 35.9 Å². The number of halogens is 3. The second kappa shape index (κ2) is 12.0. The van der Waals surface area contributed by atoms with Crippen molar-refractivity contribution in [3.63, 3.8) is 0 Å². The summed E-state index contributed by atoms with van der Waals surface area (Å²) in [4.78, 5) is 20.7. The summed E-state index contributed by atoms with van der Waals surface area (Å²) in [6, 6.07) is 8.37. The number of carbonyl (C=O) groups excluding carboxylic acids is 1. The molecule has 2 fully saturated rings. The van der Waals surface area contributed by atoms with Crippen LogP contribution in [0.4, 0.5) is 29.5 Å². The molecular weight excluding hydrogens is 493 g/mol. The molecule has 0 aliphatic carbocycles. The van der Waals surface area contributed by atoms with E-state index in [1.165, 1.54) is 0 Å². The molecule has 2 N–H and O–H groups in total. The van der Waals surface area contributed by atoms with E-state index in [1.54, 1.807) is 18.2 Å². The molecule has 2 amide bonds. The number of benzene rings is 1. The van der Waals surface area contributed by atoms with Crippen LogP contribution in [0.2, 0.25) is 0 Å². The summed E-state index contributed by atoms with van der Waals surface area (Å²) in [6.07, 6.45) is -6.24. The summed E-state index contributed by atoms with van der Waals surface area (Å²) in [5.41, 5.74) is 2.96. The molecule has 0 saturated carbocycles. The summed E-state index contributed by atoms with van der Waals surface area (Å²) < 4.78 is 55.6. The first kappa shape index (κ1) is 27.0. The standard InChI is InChI=1S/C25H31F3N4O5/c1-17-3-4-19(29-24(34)32-5-2-9-36-21(16-32)25(26,27)28)15-20(17)18-13-22(31-6-10-35-11-7-31)30-23(14-18)37-12-8-33/h3-4,13-15,21,33H,2,5-12,16H2,1H3,(H,29,34). The predicted molar refractivity (Wildman–Crippen MR) is 131 cm³/mol. The molecule has 1 atom stereocenters. The Kier molecular flexibility index (Phi) is 8.72. The van der Waals surface area contributed by atoms with Crippen LogP contribution in [0.3, 0.4) is 0 Å². The highest BCUT2D eigenvalue weighted by atomic mass is 19.4. The van der Waals surface area contributed by atoms with Gasteiger partial charge in [0, 0.05) is 38.0 Å². The smallest absolute Gasteiger partial charge is 0.416 e. The summed E-state index contributed by atoms with van der Waals surface area (Å²) in [5, 5.41) is 11.9. The van der Waals surface area contributed by atoms with Gasteiger partial charge in [-0.1, -0.05) is 6.07 Å². The molecule has 0 radical (unpaired) electrons. The van der Waals surface area contributed by atoms with Gasteiger partial charge in [-0.3, -0.25) is 0 Å². The molecule has 0 spiro atoms. The lowest BCUT2D eigenvalue weighted by Crippen LogP contribution is -2.44. The van der Waals surface area contributed by atoms with Gasteiger partial charge < -0.3 is 34.4 Å². The molecule has 2 saturated heterocycles. The number of nitrogens with one attached hydrogen (secondary N) is 1. The number of morpholine rings is 1. The fourth-order valence-corrected chi connectivity index (χ4v) is 4.25. The Bertz CT molecular complexity index is 1080. The lowest BCUT2D eigenvalue weighted by molar-refractivity contribution is -0.218. The minimum atomic E-state index is -4.55. The fourth-order valence-electron chi connectivity index (χ4n) is 4.25. The number of aliphatic hydroxyl groups is 1. The van der Waals surface area contributed by atoms with Crippen LogP contribution in [-0.4, -0.2) is 92.5 Å². The van der Waals surface area contributed by atoms with Crippen molar-refractivity contribution in [2.75, 3.05) is 69.4 Å². The first-order valence-corrected chi connectivity index (χ1v) is 12.2. The first-order chi connectivity index (χ1) is 17.7. The SMILES string of the molecule is Cc1ccc(NC(=O)N2CCCOC(C(F)(F)F)C2)cc1-c1cc(OCCO)nc(N2CCOCC2)c1. The molecule has 2 aliphatic heterocycles. The number of pyridine rings is 1. The number of alkyl halides is 3. The van der Waals surface area contributed by atoms with Crippen LogP contribution in [0.1, 0.15) is 12.0 Å². The normalized spacial score (nSPS) is 18.9. The summed E-state index contributed by atoms with van der Waals surface area (Å²) in [5.74, 6) is 1.05. The van der Waals surface area contributed by atoms with E-state index in [2.05, 4.69) is 15.2 Å². The van der Waals surface area contributed by atoms with Crippen LogP contribution < -0.4 is 15.0 Å². The molecule has 12 heteroatoms. The van der Waals surface area contributed by atoms with Crippen LogP contribution in [0.25, 0.3) is 11.1 Å². The van der Waals surface area contributed by atoms with Gasteiger partial charge in [0.2, 0.25) is 5.88 Å². The van der Waals surface area contributed by atoms with Crippen molar-refractivity contribution < 1.29 is 37.3 Å². The second-order valence-corrected chi connectivity index (χ2v) is 8.88. The molecule has 1 unspecified atom stereocenters. The number of aromatic nitrogens is 1. The zero-order valence-electron chi connectivity index (χ0n) is 20.6. The highest BCUT2D eigenvalue weighted by Crippen LogP contribution is 2.32. The van der Waals surface area contributed by atoms with Gasteiger partial charge in [0.15, 0.2) is 6.10 Å². The van der Waals surface area contributed by atoms with Crippen LogP contribution in [0.15, 0.2) is 30.3 Å². The molecule has 37 heavy (non-hydrogen) atoms. The van der Waals surface area contributed by atoms with E-state index in [1.807, 2.05) is 19.1 Å². The van der Waals surface area contributed by atoms with E-state index in [0.717, 1.165) is 21.6 Å². The molecule has 0 bridgehead atoms. The number of nitrogens with zero attached hydrogens (tertiary/aromatic N) is 3. The molecule has 2 aromatic rings. The first-order valence-electron chi connectivity index (χ1n) is 12.2. The van der Waals surface area contributed by atoms with Crippen molar-refractivity contribution in [3.8, 4) is 17.0 Å². The van der Waals surface area contributed by atoms with Gasteiger partial charge in [-0.15, -0.1) is 0 Å². The van der Waals surface area contributed by atoms with Gasteiger partial charge in [-0.05, 0) is 48.2 Å². The number of rotatable bonds is 6. The van der Waals surface area contributed by atoms with Crippen molar-refractivity contribution in [2.45, 2.75) is 25.6 Å². The Hall–Kier alpha value is -3.09. The van der Waals surface area contributed by atoms with Gasteiger partial charge in [0.05, 0.1) is 26.4 Å². The van der Waals surface area contributed by atoms with E-state index in [-0.39, 0.29) is 26.4 Å². The van der Waals surface area contributed by atoms with Gasteiger partial charge in [0.25, 0.3) is 0 Å². The number of anilines is 2. The number of hydrogen-bond acceptors (Lipinski definition) is 7. The molecule has 3 heterocycles. The van der Waals surface area contributed by atoms with Crippen LogP contribution in [-0.2, 0) is 9.47 Å². The molecule has 1 aromatic carbocycles. The fraction of sp³-hybridized carbons (Fsp3) is 0.520. The molecular formula is C25H31F3N4O5. The Balaban J connectivity index is 1.58. The summed E-state index contributed by atoms with van der Waals surface area (Å²) >= 11 is 0. The average molecular weight is 525 g/mol. The maximum Gasteiger partial charge on any atom is 0.416 e. The van der Waals surface area contributed by atoms with E-state index >= 15 is 0 Å². The lowest BCUT2D eigenvalue weighted by Gasteiger charge is -2.28. The Labute approximate surface area is 213 Å². The molecule has 202 valence electrons. The number of carbonyl (C=O) groups is 1. The molecule has 4 rings (SSSR count). The largest absolute Gasteiger partial charge is 0.475 e. The maximum absolute atomic E-state index is 13.2. The minimum Gasteiger partial charge on any atom is -0.475 e. The number of hydrogen-bond donors (Lipinski definition) is 2. The van der Waals surface area contributed by atoms with E-state index in [0.29, 0.717) is 50.1 Å². The van der Waals surface area contributed by atoms with Gasteiger partial charge >= 0.3 is 12.2 Å². The van der Waals surface area contributed by atoms with E-state index < -0.39 is 24.9 Å². The summed E-state index contributed by atoms with van der Waals surface area (Å²) in [6.45, 7) is 3.89. The van der Waals surface area contributed by atoms with Gasteiger partial charge in [-0.25, -0.2) is 4.79 Å². The van der Waals surface area contributed by atoms with Crippen molar-refractivity contribution in [1.29, 1.82) is 0 Å². The third-order valence-corrected chi connectivity index (χ3v) is 6.19. The van der Waals surface area contributed by atoms with E-state index in [4.69, 9.17) is 14.2 Å². The minimum absolute atomic E-state index is 0.0587. The number of amides is 2. The Morgan fingerprint density at radius 2 is 1.97 bits per heavy atom. The summed E-state index contributed by atoms with van der Waals surface area (Å²) in [7, 11) is 0. The zero-order valence-corrected chi connectivity index (χ0v) is 20.6. The predicted octanol–water partition coefficient (Wildman–Crippen LogP) is 3.45. The Morgan fingerprint density at radius 1 is 1.19 bits per heavy atom. The van der Waals surface area contributed by atoms with E-state index in [9.17, 15) is 23.1 Å². The number of aliphatic hydroxyl groups excluding tert-OH is 1. The van der Waals surface area contributed by atoms with Gasteiger partial charge in [0.1, 0.15) is 12.4 Å². The topological polar surface area (TPSA) is 96.4 Å². The maximum atomic E-state index is 13.2. The lowest BCUT2D eigenvalue weighted by atomic mass is 10.0. The average Bonchev–Trinajstić information content (AvgIpc) is 3.16.